The fraction of sp³-hybridized carbons (Fsp3) is 0.565. The van der Waals surface area contributed by atoms with Gasteiger partial charge < -0.3 is 19.5 Å². The van der Waals surface area contributed by atoms with Crippen LogP contribution >= 0.6 is 0 Å². The second-order valence-electron chi connectivity index (χ2n) is 9.66. The largest absolute Gasteiger partial charge is 0.465 e. The molecular weight excluding hydrogens is 440 g/mol. The first kappa shape index (κ1) is 22.5. The number of carbonyl (C=O) groups excluding carboxylic acids is 2. The van der Waals surface area contributed by atoms with E-state index in [0.29, 0.717) is 32.6 Å². The van der Waals surface area contributed by atoms with E-state index in [2.05, 4.69) is 27.4 Å². The number of carbonyl (C=O) groups is 3. The van der Waals surface area contributed by atoms with Crippen LogP contribution in [0.4, 0.5) is 10.5 Å². The van der Waals surface area contributed by atoms with Crippen molar-refractivity contribution in [2.24, 2.45) is 11.3 Å². The highest BCUT2D eigenvalue weighted by Crippen LogP contribution is 2.55. The van der Waals surface area contributed by atoms with Gasteiger partial charge in [0.25, 0.3) is 0 Å². The van der Waals surface area contributed by atoms with Gasteiger partial charge in [-0.25, -0.2) is 15.3 Å². The van der Waals surface area contributed by atoms with Crippen molar-refractivity contribution >= 4 is 34.6 Å². The molecule has 2 saturated heterocycles. The molecule has 3 heterocycles. The molecular formula is C23H30N6O5. The maximum absolute atomic E-state index is 13.5. The van der Waals surface area contributed by atoms with E-state index in [1.807, 2.05) is 18.5 Å². The van der Waals surface area contributed by atoms with Crippen LogP contribution in [-0.4, -0.2) is 86.3 Å². The monoisotopic (exact) mass is 470 g/mol. The Hall–Kier alpha value is -3.34. The summed E-state index contributed by atoms with van der Waals surface area (Å²) >= 11 is 0. The van der Waals surface area contributed by atoms with Gasteiger partial charge in [0.05, 0.1) is 23.3 Å². The minimum Gasteiger partial charge on any atom is -0.465 e. The third kappa shape index (κ3) is 3.83. The molecule has 1 aliphatic carbocycles. The fourth-order valence-electron chi connectivity index (χ4n) is 5.54. The van der Waals surface area contributed by atoms with Gasteiger partial charge in [-0.1, -0.05) is 0 Å². The number of aryl methyl sites for hydroxylation is 1. The molecule has 0 bridgehead atoms. The standard InChI is InChI=1S/C23H30N6O5/c1-2-26-14-24-17-4-3-15(11-18(17)26)27-7-9-28(10-8-27)21(31)19-16(20(30)25-34)12-23(5-6-23)13-29(19)22(32)33/h3-4,11,14,16,19,34H,2,5-10,12-13H2,1H3,(H,25,30)(H,32,33)/t16-,19-/m0/s1. The van der Waals surface area contributed by atoms with Gasteiger partial charge in [0.15, 0.2) is 0 Å². The van der Waals surface area contributed by atoms with Gasteiger partial charge in [-0.05, 0) is 49.8 Å². The number of rotatable bonds is 4. The predicted octanol–water partition coefficient (Wildman–Crippen LogP) is 1.36. The SMILES string of the molecule is CCn1cnc2ccc(N3CCN(C(=O)[C@@H]4[C@@H](C(=O)NO)CC5(CC5)CN4C(=O)O)CC3)cc21. The fourth-order valence-corrected chi connectivity index (χ4v) is 5.54. The Balaban J connectivity index is 1.32. The molecule has 1 aromatic carbocycles. The molecule has 3 aliphatic rings. The van der Waals surface area contributed by atoms with Gasteiger partial charge in [0, 0.05) is 45.0 Å². The predicted molar refractivity (Wildman–Crippen MR) is 122 cm³/mol. The summed E-state index contributed by atoms with van der Waals surface area (Å²) in [5.74, 6) is -1.97. The molecule has 2 atom stereocenters. The van der Waals surface area contributed by atoms with Crippen LogP contribution in [0.5, 0.6) is 0 Å². The smallest absolute Gasteiger partial charge is 0.408 e. The summed E-state index contributed by atoms with van der Waals surface area (Å²) < 4.78 is 2.08. The zero-order chi connectivity index (χ0) is 24.0. The average molecular weight is 471 g/mol. The number of amides is 3. The normalized spacial score (nSPS) is 23.9. The van der Waals surface area contributed by atoms with Crippen LogP contribution in [0.3, 0.4) is 0 Å². The van der Waals surface area contributed by atoms with E-state index in [9.17, 15) is 24.7 Å². The number of hydroxylamine groups is 1. The van der Waals surface area contributed by atoms with Crippen LogP contribution in [0.2, 0.25) is 0 Å². The van der Waals surface area contributed by atoms with Crippen molar-refractivity contribution in [1.82, 2.24) is 24.8 Å². The number of aromatic nitrogens is 2. The second kappa shape index (κ2) is 8.46. The summed E-state index contributed by atoms with van der Waals surface area (Å²) in [5.41, 5.74) is 4.44. The van der Waals surface area contributed by atoms with Crippen LogP contribution in [0.15, 0.2) is 24.5 Å². The number of nitrogens with zero attached hydrogens (tertiary/aromatic N) is 5. The number of anilines is 1. The number of imidazole rings is 1. The maximum Gasteiger partial charge on any atom is 0.408 e. The van der Waals surface area contributed by atoms with Crippen LogP contribution < -0.4 is 10.4 Å². The summed E-state index contributed by atoms with van der Waals surface area (Å²) in [5, 5.41) is 19.1. The van der Waals surface area contributed by atoms with E-state index in [-0.39, 0.29) is 17.9 Å². The van der Waals surface area contributed by atoms with E-state index in [1.54, 1.807) is 10.4 Å². The van der Waals surface area contributed by atoms with Crippen LogP contribution in [-0.2, 0) is 16.1 Å². The molecule has 0 unspecified atom stereocenters. The number of hydrogen-bond donors (Lipinski definition) is 3. The van der Waals surface area contributed by atoms with Crippen molar-refractivity contribution in [3.63, 3.8) is 0 Å². The molecule has 5 rings (SSSR count). The second-order valence-corrected chi connectivity index (χ2v) is 9.66. The van der Waals surface area contributed by atoms with Gasteiger partial charge in [-0.2, -0.15) is 0 Å². The van der Waals surface area contributed by atoms with Crippen LogP contribution in [0, 0.1) is 11.3 Å². The Kier molecular flexibility index (Phi) is 5.59. The molecule has 182 valence electrons. The lowest BCUT2D eigenvalue weighted by Gasteiger charge is -2.45. The molecule has 1 aromatic heterocycles. The third-order valence-electron chi connectivity index (χ3n) is 7.68. The zero-order valence-corrected chi connectivity index (χ0v) is 19.2. The number of carboxylic acid groups (broad SMARTS) is 1. The number of fused-ring (bicyclic) bond motifs is 1. The zero-order valence-electron chi connectivity index (χ0n) is 19.2. The number of piperidine rings is 1. The van der Waals surface area contributed by atoms with Gasteiger partial charge in [-0.3, -0.25) is 19.7 Å². The molecule has 34 heavy (non-hydrogen) atoms. The van der Waals surface area contributed by atoms with Crippen molar-refractivity contribution in [3.8, 4) is 0 Å². The summed E-state index contributed by atoms with van der Waals surface area (Å²) in [7, 11) is 0. The minimum absolute atomic E-state index is 0.249. The average Bonchev–Trinajstić information content (AvgIpc) is 3.47. The maximum atomic E-state index is 13.5. The summed E-state index contributed by atoms with van der Waals surface area (Å²) in [6.07, 6.45) is 2.68. The third-order valence-corrected chi connectivity index (χ3v) is 7.68. The lowest BCUT2D eigenvalue weighted by atomic mass is 9.80. The van der Waals surface area contributed by atoms with Gasteiger partial charge in [0.1, 0.15) is 6.04 Å². The Morgan fingerprint density at radius 2 is 1.91 bits per heavy atom. The number of hydrogen-bond acceptors (Lipinski definition) is 6. The lowest BCUT2D eigenvalue weighted by Crippen LogP contribution is -2.63. The molecule has 1 saturated carbocycles. The van der Waals surface area contributed by atoms with Crippen LogP contribution in [0.25, 0.3) is 11.0 Å². The highest BCUT2D eigenvalue weighted by atomic mass is 16.5. The molecule has 3 N–H and O–H groups in total. The van der Waals surface area contributed by atoms with Gasteiger partial charge in [0.2, 0.25) is 11.8 Å². The molecule has 0 radical (unpaired) electrons. The van der Waals surface area contributed by atoms with E-state index in [1.165, 1.54) is 0 Å². The van der Waals surface area contributed by atoms with Crippen molar-refractivity contribution in [2.75, 3.05) is 37.6 Å². The highest BCUT2D eigenvalue weighted by Gasteiger charge is 2.57. The first-order chi connectivity index (χ1) is 16.4. The van der Waals surface area contributed by atoms with Crippen molar-refractivity contribution in [2.45, 2.75) is 38.8 Å². The van der Waals surface area contributed by atoms with Gasteiger partial charge >= 0.3 is 6.09 Å². The Morgan fingerprint density at radius 1 is 1.18 bits per heavy atom. The Morgan fingerprint density at radius 3 is 2.53 bits per heavy atom. The van der Waals surface area contributed by atoms with Crippen molar-refractivity contribution in [1.29, 1.82) is 0 Å². The Bertz CT molecular complexity index is 1120. The number of benzene rings is 1. The molecule has 11 nitrogen and oxygen atoms in total. The Labute approximate surface area is 196 Å². The molecule has 2 aromatic rings. The topological polar surface area (TPSA) is 131 Å². The van der Waals surface area contributed by atoms with E-state index in [4.69, 9.17) is 0 Å². The first-order valence-electron chi connectivity index (χ1n) is 11.8. The van der Waals surface area contributed by atoms with E-state index >= 15 is 0 Å². The molecule has 3 amide bonds. The summed E-state index contributed by atoms with van der Waals surface area (Å²) in [6, 6.07) is 4.99. The lowest BCUT2D eigenvalue weighted by molar-refractivity contribution is -0.150. The van der Waals surface area contributed by atoms with Gasteiger partial charge in [-0.15, -0.1) is 0 Å². The first-order valence-corrected chi connectivity index (χ1v) is 11.8. The minimum atomic E-state index is -1.21. The van der Waals surface area contributed by atoms with E-state index < -0.39 is 24.0 Å². The van der Waals surface area contributed by atoms with Crippen LogP contribution in [0.1, 0.15) is 26.2 Å². The number of likely N-dealkylation sites (tertiary alicyclic amines) is 1. The summed E-state index contributed by atoms with van der Waals surface area (Å²) in [4.78, 5) is 47.4. The highest BCUT2D eigenvalue weighted by molar-refractivity contribution is 5.92. The summed E-state index contributed by atoms with van der Waals surface area (Å²) in [6.45, 7) is 5.18. The van der Waals surface area contributed by atoms with Crippen molar-refractivity contribution < 1.29 is 24.7 Å². The number of nitrogens with one attached hydrogen (secondary N) is 1. The number of piperazine rings is 1. The quantitative estimate of drug-likeness (QED) is 0.454. The molecule has 11 heteroatoms. The van der Waals surface area contributed by atoms with Crippen molar-refractivity contribution in [3.05, 3.63) is 24.5 Å². The molecule has 2 aliphatic heterocycles. The molecule has 3 fully saturated rings. The van der Waals surface area contributed by atoms with E-state index in [0.717, 1.165) is 41.0 Å². The molecule has 1 spiro atoms.